The second-order valence-corrected chi connectivity index (χ2v) is 5.33. The summed E-state index contributed by atoms with van der Waals surface area (Å²) in [4.78, 5) is 11.1. The van der Waals surface area contributed by atoms with Crippen molar-refractivity contribution >= 4 is 11.7 Å². The second kappa shape index (κ2) is 6.80. The Balaban J connectivity index is 2.51. The molecule has 0 aliphatic rings. The van der Waals surface area contributed by atoms with Crippen molar-refractivity contribution in [3.8, 4) is 11.8 Å². The smallest absolute Gasteiger partial charge is 0.339 e. The Morgan fingerprint density at radius 2 is 2.15 bits per heavy atom. The van der Waals surface area contributed by atoms with E-state index in [4.69, 9.17) is 20.8 Å². The van der Waals surface area contributed by atoms with Crippen LogP contribution in [-0.4, -0.2) is 17.7 Å². The molecule has 0 radical (unpaired) electrons. The van der Waals surface area contributed by atoms with Gasteiger partial charge in [-0.05, 0) is 45.2 Å². The van der Waals surface area contributed by atoms with Gasteiger partial charge in [-0.15, -0.1) is 0 Å². The van der Waals surface area contributed by atoms with Crippen molar-refractivity contribution in [2.75, 3.05) is 12.3 Å². The number of unbranched alkanes of at least 4 members (excludes halogenated alkanes) is 1. The highest BCUT2D eigenvalue weighted by Gasteiger charge is 2.16. The Morgan fingerprint density at radius 3 is 2.75 bits per heavy atom. The number of hydrogen-bond donors (Lipinski definition) is 2. The Labute approximate surface area is 119 Å². The summed E-state index contributed by atoms with van der Waals surface area (Å²) in [6, 6.07) is 6.91. The number of carboxylic acid groups (broad SMARTS) is 1. The molecule has 5 nitrogen and oxygen atoms in total. The summed E-state index contributed by atoms with van der Waals surface area (Å²) in [6.07, 6.45) is 2.37. The predicted molar refractivity (Wildman–Crippen MR) is 76.6 cm³/mol. The molecule has 0 amide bonds. The molecule has 1 aromatic carbocycles. The summed E-state index contributed by atoms with van der Waals surface area (Å²) in [7, 11) is 0. The Kier molecular flexibility index (Phi) is 5.39. The van der Waals surface area contributed by atoms with E-state index in [1.807, 2.05) is 13.8 Å². The molecule has 20 heavy (non-hydrogen) atoms. The van der Waals surface area contributed by atoms with E-state index in [0.29, 0.717) is 12.3 Å². The topological polar surface area (TPSA) is 96.3 Å². The van der Waals surface area contributed by atoms with E-state index in [1.54, 1.807) is 12.1 Å². The number of anilines is 1. The fourth-order valence-corrected chi connectivity index (χ4v) is 1.78. The number of benzene rings is 1. The quantitative estimate of drug-likeness (QED) is 0.589. The van der Waals surface area contributed by atoms with E-state index in [-0.39, 0.29) is 16.7 Å². The summed E-state index contributed by atoms with van der Waals surface area (Å²) in [5.41, 5.74) is 5.79. The molecule has 0 saturated heterocycles. The monoisotopic (exact) mass is 276 g/mol. The van der Waals surface area contributed by atoms with Crippen LogP contribution in [0, 0.1) is 16.7 Å². The molecule has 5 heteroatoms. The number of para-hydroxylation sites is 1. The van der Waals surface area contributed by atoms with E-state index >= 15 is 0 Å². The number of aromatic carboxylic acids is 1. The minimum atomic E-state index is -1.06. The molecule has 0 unspecified atom stereocenters. The van der Waals surface area contributed by atoms with Gasteiger partial charge in [0.05, 0.1) is 23.8 Å². The fraction of sp³-hybridized carbons (Fsp3) is 0.467. The van der Waals surface area contributed by atoms with Crippen LogP contribution in [-0.2, 0) is 0 Å². The van der Waals surface area contributed by atoms with Crippen LogP contribution in [0.4, 0.5) is 5.69 Å². The van der Waals surface area contributed by atoms with Gasteiger partial charge in [0.1, 0.15) is 5.56 Å². The van der Waals surface area contributed by atoms with Crippen LogP contribution in [0.15, 0.2) is 18.2 Å². The fourth-order valence-electron chi connectivity index (χ4n) is 1.78. The first-order chi connectivity index (χ1) is 9.37. The molecule has 0 aliphatic carbocycles. The highest BCUT2D eigenvalue weighted by Crippen LogP contribution is 2.27. The molecular formula is C15H20N2O3. The molecule has 0 saturated carbocycles. The maximum Gasteiger partial charge on any atom is 0.339 e. The molecule has 0 fully saturated rings. The van der Waals surface area contributed by atoms with Crippen LogP contribution in [0.25, 0.3) is 0 Å². The van der Waals surface area contributed by atoms with E-state index < -0.39 is 5.97 Å². The third-order valence-electron chi connectivity index (χ3n) is 3.02. The van der Waals surface area contributed by atoms with Crippen molar-refractivity contribution in [3.05, 3.63) is 23.8 Å². The van der Waals surface area contributed by atoms with Gasteiger partial charge in [0.2, 0.25) is 0 Å². The highest BCUT2D eigenvalue weighted by molar-refractivity contribution is 5.93. The van der Waals surface area contributed by atoms with E-state index in [9.17, 15) is 4.79 Å². The number of nitriles is 1. The molecular weight excluding hydrogens is 256 g/mol. The number of ether oxygens (including phenoxy) is 1. The van der Waals surface area contributed by atoms with Crippen molar-refractivity contribution in [2.24, 2.45) is 5.41 Å². The number of nitrogens with zero attached hydrogens (tertiary/aromatic N) is 1. The minimum absolute atomic E-state index is 0.0716. The lowest BCUT2D eigenvalue weighted by atomic mass is 9.89. The number of carbonyl (C=O) groups is 1. The van der Waals surface area contributed by atoms with E-state index in [2.05, 4.69) is 6.07 Å². The standard InChI is InChI=1S/C15H20N2O3/c1-15(2,10-16)8-3-4-9-20-13-11(14(18)19)6-5-7-12(13)17/h5-7H,3-4,8-9,17H2,1-2H3,(H,18,19). The van der Waals surface area contributed by atoms with Gasteiger partial charge in [-0.2, -0.15) is 5.26 Å². The van der Waals surface area contributed by atoms with Gasteiger partial charge in [0.25, 0.3) is 0 Å². The third-order valence-corrected chi connectivity index (χ3v) is 3.02. The second-order valence-electron chi connectivity index (χ2n) is 5.33. The normalized spacial score (nSPS) is 10.8. The molecule has 0 bridgehead atoms. The number of nitrogen functional groups attached to an aromatic ring is 1. The number of carboxylic acids is 1. The molecule has 3 N–H and O–H groups in total. The Bertz CT molecular complexity index is 518. The lowest BCUT2D eigenvalue weighted by Crippen LogP contribution is -2.10. The zero-order valence-corrected chi connectivity index (χ0v) is 11.8. The zero-order chi connectivity index (χ0) is 15.2. The van der Waals surface area contributed by atoms with E-state index in [1.165, 1.54) is 6.07 Å². The first-order valence-corrected chi connectivity index (χ1v) is 6.53. The summed E-state index contributed by atoms with van der Waals surface area (Å²) in [5, 5.41) is 18.0. The van der Waals surface area contributed by atoms with Gasteiger partial charge in [-0.25, -0.2) is 4.79 Å². The van der Waals surface area contributed by atoms with Crippen molar-refractivity contribution in [2.45, 2.75) is 33.1 Å². The van der Waals surface area contributed by atoms with Gasteiger partial charge < -0.3 is 15.6 Å². The van der Waals surface area contributed by atoms with E-state index in [0.717, 1.165) is 19.3 Å². The molecule has 0 aliphatic heterocycles. The maximum atomic E-state index is 11.1. The van der Waals surface area contributed by atoms with Gasteiger partial charge in [-0.1, -0.05) is 6.07 Å². The number of rotatable bonds is 7. The zero-order valence-electron chi connectivity index (χ0n) is 11.8. The van der Waals surface area contributed by atoms with Gasteiger partial charge >= 0.3 is 5.97 Å². The first kappa shape index (κ1) is 15.8. The number of nitrogens with two attached hydrogens (primary N) is 1. The van der Waals surface area contributed by atoms with Crippen LogP contribution in [0.3, 0.4) is 0 Å². The third kappa shape index (κ3) is 4.47. The minimum Gasteiger partial charge on any atom is -0.491 e. The van der Waals surface area contributed by atoms with Crippen molar-refractivity contribution < 1.29 is 14.6 Å². The van der Waals surface area contributed by atoms with Gasteiger partial charge in [0, 0.05) is 0 Å². The molecule has 0 atom stereocenters. The molecule has 0 heterocycles. The van der Waals surface area contributed by atoms with Crippen molar-refractivity contribution in [1.82, 2.24) is 0 Å². The van der Waals surface area contributed by atoms with Crippen molar-refractivity contribution in [1.29, 1.82) is 5.26 Å². The maximum absolute atomic E-state index is 11.1. The Hall–Kier alpha value is -2.22. The van der Waals surface area contributed by atoms with Crippen LogP contribution in [0.2, 0.25) is 0 Å². The highest BCUT2D eigenvalue weighted by atomic mass is 16.5. The first-order valence-electron chi connectivity index (χ1n) is 6.53. The molecule has 1 aromatic rings. The summed E-state index contributed by atoms with van der Waals surface area (Å²) in [6.45, 7) is 4.17. The molecule has 0 spiro atoms. The molecule has 1 rings (SSSR count). The average Bonchev–Trinajstić information content (AvgIpc) is 2.39. The summed E-state index contributed by atoms with van der Waals surface area (Å²) < 4.78 is 5.49. The molecule has 0 aromatic heterocycles. The van der Waals surface area contributed by atoms with Crippen LogP contribution in [0.5, 0.6) is 5.75 Å². The molecule has 108 valence electrons. The van der Waals surface area contributed by atoms with Gasteiger partial charge in [0.15, 0.2) is 5.75 Å². The van der Waals surface area contributed by atoms with Crippen LogP contribution >= 0.6 is 0 Å². The predicted octanol–water partition coefficient (Wildman–Crippen LogP) is 3.07. The summed E-state index contributed by atoms with van der Waals surface area (Å²) in [5.74, 6) is -0.836. The lowest BCUT2D eigenvalue weighted by molar-refractivity contribution is 0.0692. The SMILES string of the molecule is CC(C)(C#N)CCCCOc1c(N)cccc1C(=O)O. The van der Waals surface area contributed by atoms with Crippen LogP contribution in [0.1, 0.15) is 43.5 Å². The van der Waals surface area contributed by atoms with Crippen molar-refractivity contribution in [3.63, 3.8) is 0 Å². The summed E-state index contributed by atoms with van der Waals surface area (Å²) >= 11 is 0. The largest absolute Gasteiger partial charge is 0.491 e. The lowest BCUT2D eigenvalue weighted by Gasteiger charge is -2.15. The van der Waals surface area contributed by atoms with Crippen LogP contribution < -0.4 is 10.5 Å². The van der Waals surface area contributed by atoms with Gasteiger partial charge in [-0.3, -0.25) is 0 Å². The Morgan fingerprint density at radius 1 is 1.45 bits per heavy atom. The average molecular weight is 276 g/mol. The number of hydrogen-bond acceptors (Lipinski definition) is 4.